The minimum absolute atomic E-state index is 0.0696. The Bertz CT molecular complexity index is 349. The lowest BCUT2D eigenvalue weighted by Gasteiger charge is -1.96. The summed E-state index contributed by atoms with van der Waals surface area (Å²) in [6.07, 6.45) is 3.27. The van der Waals surface area contributed by atoms with E-state index < -0.39 is 0 Å². The largest absolute Gasteiger partial charge is 0.281 e. The number of allylic oxidation sites excluding steroid dienone is 3. The van der Waals surface area contributed by atoms with Crippen LogP contribution in [0.4, 0.5) is 0 Å². The van der Waals surface area contributed by atoms with E-state index in [-0.39, 0.29) is 22.5 Å². The summed E-state index contributed by atoms with van der Waals surface area (Å²) < 4.78 is 0. The Morgan fingerprint density at radius 2 is 2.21 bits per heavy atom. The molecule has 0 bridgehead atoms. The van der Waals surface area contributed by atoms with Gasteiger partial charge in [-0.05, 0) is 22.9 Å². The maximum Gasteiger partial charge on any atom is 0.225 e. The van der Waals surface area contributed by atoms with Gasteiger partial charge in [-0.25, -0.2) is 0 Å². The van der Waals surface area contributed by atoms with Gasteiger partial charge in [0.1, 0.15) is 0 Å². The third-order valence-corrected chi connectivity index (χ3v) is 3.10. The van der Waals surface area contributed by atoms with Crippen molar-refractivity contribution in [3.63, 3.8) is 0 Å². The second-order valence-electron chi connectivity index (χ2n) is 4.07. The maximum absolute atomic E-state index is 11.0. The standard InChI is InChI=1S/C11H12ClNO/c1-4-7(6-13)5-8-9(10(12)14)11(8,2)3/h4-5,8-9H,1H2,2-3H3/b7-5-/t8-,9?/m1/s1. The van der Waals surface area contributed by atoms with Gasteiger partial charge in [-0.2, -0.15) is 5.26 Å². The minimum Gasteiger partial charge on any atom is -0.281 e. The van der Waals surface area contributed by atoms with Gasteiger partial charge in [0.25, 0.3) is 0 Å². The van der Waals surface area contributed by atoms with E-state index >= 15 is 0 Å². The van der Waals surface area contributed by atoms with Gasteiger partial charge < -0.3 is 0 Å². The normalized spacial score (nSPS) is 29.1. The third-order valence-electron chi connectivity index (χ3n) is 2.86. The van der Waals surface area contributed by atoms with Crippen molar-refractivity contribution in [2.24, 2.45) is 17.3 Å². The zero-order valence-corrected chi connectivity index (χ0v) is 9.01. The quantitative estimate of drug-likeness (QED) is 0.407. The number of halogens is 1. The Morgan fingerprint density at radius 1 is 1.64 bits per heavy atom. The molecular formula is C11H12ClNO. The summed E-state index contributed by atoms with van der Waals surface area (Å²) in [6.45, 7) is 7.46. The molecule has 3 heteroatoms. The van der Waals surface area contributed by atoms with E-state index in [0.717, 1.165) is 0 Å². The first-order chi connectivity index (χ1) is 6.45. The molecule has 0 aromatic rings. The summed E-state index contributed by atoms with van der Waals surface area (Å²) in [7, 11) is 0. The monoisotopic (exact) mass is 209 g/mol. The molecule has 0 saturated heterocycles. The molecule has 74 valence electrons. The van der Waals surface area contributed by atoms with Crippen LogP contribution in [0.2, 0.25) is 0 Å². The van der Waals surface area contributed by atoms with Crippen LogP contribution < -0.4 is 0 Å². The molecule has 14 heavy (non-hydrogen) atoms. The molecule has 0 aliphatic heterocycles. The van der Waals surface area contributed by atoms with Crippen molar-refractivity contribution in [3.05, 3.63) is 24.3 Å². The lowest BCUT2D eigenvalue weighted by molar-refractivity contribution is -0.113. The van der Waals surface area contributed by atoms with Crippen molar-refractivity contribution in [1.29, 1.82) is 5.26 Å². The Hall–Kier alpha value is -1.07. The summed E-state index contributed by atoms with van der Waals surface area (Å²) in [5.41, 5.74) is 0.382. The van der Waals surface area contributed by atoms with Gasteiger partial charge in [0.2, 0.25) is 5.24 Å². The van der Waals surface area contributed by atoms with E-state index in [1.54, 1.807) is 6.08 Å². The lowest BCUT2D eigenvalue weighted by atomic mass is 10.1. The predicted molar refractivity (Wildman–Crippen MR) is 55.5 cm³/mol. The summed E-state index contributed by atoms with van der Waals surface area (Å²) in [5, 5.41) is 8.37. The number of hydrogen-bond acceptors (Lipinski definition) is 2. The van der Waals surface area contributed by atoms with Crippen molar-refractivity contribution >= 4 is 16.8 Å². The average molecular weight is 210 g/mol. The predicted octanol–water partition coefficient (Wildman–Crippen LogP) is 2.66. The van der Waals surface area contributed by atoms with E-state index in [0.29, 0.717) is 5.57 Å². The molecule has 0 heterocycles. The van der Waals surface area contributed by atoms with Gasteiger partial charge in [-0.1, -0.05) is 32.6 Å². The minimum atomic E-state index is -0.322. The Kier molecular flexibility index (Phi) is 2.82. The molecule has 0 N–H and O–H groups in total. The molecule has 0 radical (unpaired) electrons. The fourth-order valence-corrected chi connectivity index (χ4v) is 2.18. The topological polar surface area (TPSA) is 40.9 Å². The molecule has 1 fully saturated rings. The van der Waals surface area contributed by atoms with Gasteiger partial charge in [0.15, 0.2) is 0 Å². The molecule has 2 nitrogen and oxygen atoms in total. The molecule has 0 aromatic carbocycles. The van der Waals surface area contributed by atoms with Crippen LogP contribution in [0.3, 0.4) is 0 Å². The summed E-state index contributed by atoms with van der Waals surface area (Å²) >= 11 is 5.45. The highest BCUT2D eigenvalue weighted by molar-refractivity contribution is 6.64. The molecule has 1 saturated carbocycles. The number of rotatable bonds is 3. The van der Waals surface area contributed by atoms with Crippen LogP contribution in [-0.2, 0) is 4.79 Å². The second kappa shape index (κ2) is 3.59. The summed E-state index contributed by atoms with van der Waals surface area (Å²) in [5.74, 6) is -0.0902. The van der Waals surface area contributed by atoms with E-state index in [2.05, 4.69) is 6.58 Å². The Labute approximate surface area is 88.9 Å². The highest BCUT2D eigenvalue weighted by Crippen LogP contribution is 2.60. The van der Waals surface area contributed by atoms with E-state index in [1.807, 2.05) is 19.9 Å². The molecule has 1 rings (SSSR count). The molecule has 1 unspecified atom stereocenters. The first-order valence-corrected chi connectivity index (χ1v) is 4.76. The summed E-state index contributed by atoms with van der Waals surface area (Å²) in [4.78, 5) is 11.0. The van der Waals surface area contributed by atoms with Crippen LogP contribution in [0.1, 0.15) is 13.8 Å². The highest BCUT2D eigenvalue weighted by atomic mass is 35.5. The average Bonchev–Trinajstić information content (AvgIpc) is 2.63. The zero-order chi connectivity index (χ0) is 10.9. The number of carbonyl (C=O) groups excluding carboxylic acids is 1. The lowest BCUT2D eigenvalue weighted by Crippen LogP contribution is -1.96. The molecule has 1 aliphatic rings. The van der Waals surface area contributed by atoms with Gasteiger partial charge in [-0.3, -0.25) is 4.79 Å². The van der Waals surface area contributed by atoms with Gasteiger partial charge in [0, 0.05) is 11.5 Å². The molecular weight excluding hydrogens is 198 g/mol. The Morgan fingerprint density at radius 3 is 2.50 bits per heavy atom. The smallest absolute Gasteiger partial charge is 0.225 e. The second-order valence-corrected chi connectivity index (χ2v) is 4.44. The van der Waals surface area contributed by atoms with Crippen molar-refractivity contribution in [2.75, 3.05) is 0 Å². The highest BCUT2D eigenvalue weighted by Gasteiger charge is 2.59. The third kappa shape index (κ3) is 1.73. The molecule has 2 atom stereocenters. The molecule has 1 aliphatic carbocycles. The van der Waals surface area contributed by atoms with E-state index in [1.165, 1.54) is 6.08 Å². The number of nitrogens with zero attached hydrogens (tertiary/aromatic N) is 1. The first-order valence-electron chi connectivity index (χ1n) is 4.39. The van der Waals surface area contributed by atoms with Crippen LogP contribution in [0, 0.1) is 28.6 Å². The number of nitriles is 1. The van der Waals surface area contributed by atoms with Gasteiger partial charge >= 0.3 is 0 Å². The van der Waals surface area contributed by atoms with Crippen molar-refractivity contribution in [1.82, 2.24) is 0 Å². The molecule has 0 aromatic heterocycles. The van der Waals surface area contributed by atoms with Crippen LogP contribution in [-0.4, -0.2) is 5.24 Å². The van der Waals surface area contributed by atoms with Crippen molar-refractivity contribution in [2.45, 2.75) is 13.8 Å². The number of carbonyl (C=O) groups is 1. The van der Waals surface area contributed by atoms with Crippen molar-refractivity contribution in [3.8, 4) is 6.07 Å². The fourth-order valence-electron chi connectivity index (χ4n) is 1.77. The molecule has 0 amide bonds. The van der Waals surface area contributed by atoms with Crippen LogP contribution in [0.5, 0.6) is 0 Å². The maximum atomic E-state index is 11.0. The Balaban J connectivity index is 2.85. The SMILES string of the molecule is C=C/C(C#N)=C/[C@@H]1C(C(=O)Cl)C1(C)C. The first kappa shape index (κ1) is 11.0. The van der Waals surface area contributed by atoms with Crippen molar-refractivity contribution < 1.29 is 4.79 Å². The van der Waals surface area contributed by atoms with E-state index in [9.17, 15) is 4.79 Å². The van der Waals surface area contributed by atoms with Crippen LogP contribution in [0.15, 0.2) is 24.3 Å². The van der Waals surface area contributed by atoms with Crippen LogP contribution >= 0.6 is 11.6 Å². The van der Waals surface area contributed by atoms with Gasteiger partial charge in [-0.15, -0.1) is 0 Å². The molecule has 0 spiro atoms. The van der Waals surface area contributed by atoms with E-state index in [4.69, 9.17) is 16.9 Å². The fraction of sp³-hybridized carbons (Fsp3) is 0.455. The zero-order valence-electron chi connectivity index (χ0n) is 8.25. The van der Waals surface area contributed by atoms with Crippen LogP contribution in [0.25, 0.3) is 0 Å². The number of hydrogen-bond donors (Lipinski definition) is 0. The summed E-state index contributed by atoms with van der Waals surface area (Å²) in [6, 6.07) is 2.01. The van der Waals surface area contributed by atoms with Gasteiger partial charge in [0.05, 0.1) is 6.07 Å².